The van der Waals surface area contributed by atoms with E-state index >= 15 is 0 Å². The summed E-state index contributed by atoms with van der Waals surface area (Å²) in [7, 11) is -5.97. The van der Waals surface area contributed by atoms with Crippen molar-refractivity contribution in [3.8, 4) is 28.7 Å². The van der Waals surface area contributed by atoms with Gasteiger partial charge in [0, 0.05) is 48.3 Å². The van der Waals surface area contributed by atoms with Crippen molar-refractivity contribution in [3.05, 3.63) is 101 Å². The predicted molar refractivity (Wildman–Crippen MR) is 151 cm³/mol. The van der Waals surface area contributed by atoms with E-state index in [0.29, 0.717) is 22.0 Å². The van der Waals surface area contributed by atoms with Crippen molar-refractivity contribution in [2.75, 3.05) is 11.0 Å². The Balaban J connectivity index is 1.56. The summed E-state index contributed by atoms with van der Waals surface area (Å²) in [6.07, 6.45) is 4.33. The maximum Gasteiger partial charge on any atom is 0.274 e. The molecular weight excluding hydrogens is 552 g/mol. The molecule has 5 aromatic rings. The highest BCUT2D eigenvalue weighted by atomic mass is 32.2. The summed E-state index contributed by atoms with van der Waals surface area (Å²) in [4.78, 5) is 15.5. The Morgan fingerprint density at radius 1 is 0.925 bits per heavy atom. The second-order valence-electron chi connectivity index (χ2n) is 9.03. The number of benzene rings is 3. The lowest BCUT2D eigenvalue weighted by molar-refractivity contribution is 0.484. The number of hydrogen-bond donors (Lipinski definition) is 2. The molecule has 40 heavy (non-hydrogen) atoms. The first kappa shape index (κ1) is 26.7. The fourth-order valence-corrected chi connectivity index (χ4v) is 5.96. The Morgan fingerprint density at radius 2 is 1.70 bits per heavy atom. The molecule has 0 bridgehead atoms. The molecule has 5 rings (SSSR count). The number of nitrogens with zero attached hydrogens (tertiary/aromatic N) is 2. The van der Waals surface area contributed by atoms with Crippen LogP contribution < -0.4 is 15.0 Å². The van der Waals surface area contributed by atoms with Crippen LogP contribution in [0, 0.1) is 11.3 Å². The van der Waals surface area contributed by atoms with Gasteiger partial charge in [-0.25, -0.2) is 16.8 Å². The van der Waals surface area contributed by atoms with Gasteiger partial charge >= 0.3 is 0 Å². The first-order chi connectivity index (χ1) is 19.0. The van der Waals surface area contributed by atoms with Crippen molar-refractivity contribution in [1.82, 2.24) is 9.55 Å². The van der Waals surface area contributed by atoms with Crippen LogP contribution in [0.25, 0.3) is 22.0 Å². The van der Waals surface area contributed by atoms with Crippen molar-refractivity contribution in [2.45, 2.75) is 9.79 Å². The third-order valence-electron chi connectivity index (χ3n) is 6.15. The Kier molecular flexibility index (Phi) is 6.70. The van der Waals surface area contributed by atoms with Gasteiger partial charge in [-0.2, -0.15) is 5.26 Å². The van der Waals surface area contributed by atoms with Gasteiger partial charge < -0.3 is 14.3 Å². The molecule has 10 nitrogen and oxygen atoms in total. The number of H-pyrrole nitrogens is 1. The Hall–Kier alpha value is -4.86. The van der Waals surface area contributed by atoms with Crippen molar-refractivity contribution >= 4 is 36.5 Å². The molecule has 0 aliphatic carbocycles. The number of nitriles is 1. The maximum absolute atomic E-state index is 12.9. The van der Waals surface area contributed by atoms with Crippen LogP contribution in [-0.4, -0.2) is 32.6 Å². The Morgan fingerprint density at radius 3 is 2.45 bits per heavy atom. The lowest BCUT2D eigenvalue weighted by Crippen LogP contribution is -2.16. The minimum atomic E-state index is -3.99. The number of aryl methyl sites for hydroxylation is 1. The summed E-state index contributed by atoms with van der Waals surface area (Å²) < 4.78 is 60.6. The van der Waals surface area contributed by atoms with Crippen LogP contribution in [0.15, 0.2) is 99.8 Å². The molecule has 0 saturated carbocycles. The quantitative estimate of drug-likeness (QED) is 0.292. The van der Waals surface area contributed by atoms with Crippen LogP contribution in [-0.2, 0) is 26.9 Å². The second-order valence-corrected chi connectivity index (χ2v) is 12.7. The van der Waals surface area contributed by atoms with E-state index in [4.69, 9.17) is 10.00 Å². The van der Waals surface area contributed by atoms with Crippen molar-refractivity contribution in [2.24, 2.45) is 7.05 Å². The number of hydrogen-bond acceptors (Lipinski definition) is 7. The van der Waals surface area contributed by atoms with E-state index in [1.807, 2.05) is 6.07 Å². The number of nitrogens with one attached hydrogen (secondary N) is 2. The first-order valence-corrected chi connectivity index (χ1v) is 15.2. The highest BCUT2D eigenvalue weighted by Gasteiger charge is 2.19. The summed E-state index contributed by atoms with van der Waals surface area (Å²) in [5.74, 6) is 0.560. The highest BCUT2D eigenvalue weighted by Crippen LogP contribution is 2.38. The van der Waals surface area contributed by atoms with Crippen molar-refractivity contribution in [1.29, 1.82) is 5.26 Å². The summed E-state index contributed by atoms with van der Waals surface area (Å²) in [5.41, 5.74) is 1.51. The molecule has 2 N–H and O–H groups in total. The number of pyridine rings is 1. The zero-order valence-corrected chi connectivity index (χ0v) is 22.9. The van der Waals surface area contributed by atoms with Gasteiger partial charge in [-0.05, 0) is 54.6 Å². The average molecular weight is 575 g/mol. The lowest BCUT2D eigenvalue weighted by atomic mass is 10.0. The smallest absolute Gasteiger partial charge is 0.274 e. The van der Waals surface area contributed by atoms with Gasteiger partial charge in [0.05, 0.1) is 27.1 Å². The highest BCUT2D eigenvalue weighted by molar-refractivity contribution is 7.92. The van der Waals surface area contributed by atoms with Gasteiger partial charge in [-0.3, -0.25) is 9.52 Å². The number of rotatable bonds is 7. The van der Waals surface area contributed by atoms with Crippen LogP contribution >= 0.6 is 0 Å². The van der Waals surface area contributed by atoms with Crippen molar-refractivity contribution < 1.29 is 21.6 Å². The minimum absolute atomic E-state index is 0.0634. The lowest BCUT2D eigenvalue weighted by Gasteiger charge is -2.15. The second kappa shape index (κ2) is 10.0. The van der Waals surface area contributed by atoms with Gasteiger partial charge in [-0.15, -0.1) is 0 Å². The molecule has 2 heterocycles. The fraction of sp³-hybridized carbons (Fsp3) is 0.0714. The molecule has 0 spiro atoms. The largest absolute Gasteiger partial charge is 0.457 e. The van der Waals surface area contributed by atoms with Crippen LogP contribution in [0.5, 0.6) is 11.5 Å². The molecule has 0 amide bonds. The van der Waals surface area contributed by atoms with E-state index in [-0.39, 0.29) is 38.1 Å². The molecule has 0 unspecified atom stereocenters. The predicted octanol–water partition coefficient (Wildman–Crippen LogP) is 4.40. The number of fused-ring (bicyclic) bond motifs is 1. The molecule has 3 aromatic carbocycles. The number of sulfonamides is 1. The average Bonchev–Trinajstić information content (AvgIpc) is 3.41. The van der Waals surface area contributed by atoms with Crippen molar-refractivity contribution in [3.63, 3.8) is 0 Å². The standard InChI is InChI=1S/C28H22N4O6S2/c1-32-17-25(23-11-12-30-27(23)28(32)33)24-15-21(39(2,34)35)9-10-26(24)38-20-7-4-6-19(14-20)31-40(36,37)22-8-3-5-18(13-22)16-29/h3-15,17,30-31H,1-2H3. The van der Waals surface area contributed by atoms with Crippen LogP contribution in [0.3, 0.4) is 0 Å². The number of sulfone groups is 1. The zero-order valence-electron chi connectivity index (χ0n) is 21.2. The molecule has 2 aromatic heterocycles. The number of aromatic nitrogens is 2. The van der Waals surface area contributed by atoms with E-state index in [2.05, 4.69) is 9.71 Å². The van der Waals surface area contributed by atoms with E-state index in [9.17, 15) is 21.6 Å². The molecule has 0 aliphatic rings. The maximum atomic E-state index is 12.9. The monoisotopic (exact) mass is 574 g/mol. The first-order valence-electron chi connectivity index (χ1n) is 11.8. The third-order valence-corrected chi connectivity index (χ3v) is 8.64. The molecule has 12 heteroatoms. The molecular formula is C28H22N4O6S2. The normalized spacial score (nSPS) is 11.7. The molecule has 0 aliphatic heterocycles. The topological polar surface area (TPSA) is 151 Å². The summed E-state index contributed by atoms with van der Waals surface area (Å²) in [6, 6.07) is 19.9. The van der Waals surface area contributed by atoms with Gasteiger partial charge in [-0.1, -0.05) is 12.1 Å². The van der Waals surface area contributed by atoms with Crippen LogP contribution in [0.1, 0.15) is 5.56 Å². The van der Waals surface area contributed by atoms with Crippen LogP contribution in [0.4, 0.5) is 5.69 Å². The Labute approximate surface area is 230 Å². The van der Waals surface area contributed by atoms with E-state index in [0.717, 1.165) is 6.26 Å². The van der Waals surface area contributed by atoms with Gasteiger partial charge in [0.1, 0.15) is 17.0 Å². The van der Waals surface area contributed by atoms with Gasteiger partial charge in [0.25, 0.3) is 15.6 Å². The molecule has 0 saturated heterocycles. The molecule has 202 valence electrons. The van der Waals surface area contributed by atoms with Crippen LogP contribution in [0.2, 0.25) is 0 Å². The Bertz CT molecular complexity index is 2110. The fourth-order valence-electron chi connectivity index (χ4n) is 4.22. The van der Waals surface area contributed by atoms with E-state index in [1.165, 1.54) is 53.1 Å². The molecule has 0 atom stereocenters. The molecule has 0 radical (unpaired) electrons. The van der Waals surface area contributed by atoms with E-state index < -0.39 is 19.9 Å². The summed E-state index contributed by atoms with van der Waals surface area (Å²) in [5, 5.41) is 9.68. The van der Waals surface area contributed by atoms with Gasteiger partial charge in [0.15, 0.2) is 9.84 Å². The molecule has 0 fully saturated rings. The SMILES string of the molecule is Cn1cc(-c2cc(S(C)(=O)=O)ccc2Oc2cccc(NS(=O)(=O)c3cccc(C#N)c3)c2)c2cc[nH]c2c1=O. The minimum Gasteiger partial charge on any atom is -0.457 e. The third kappa shape index (κ3) is 5.20. The zero-order chi connectivity index (χ0) is 28.7. The van der Waals surface area contributed by atoms with E-state index in [1.54, 1.807) is 43.7 Å². The van der Waals surface area contributed by atoms with Gasteiger partial charge in [0.2, 0.25) is 0 Å². The number of aromatic amines is 1. The number of anilines is 1. The summed E-state index contributed by atoms with van der Waals surface area (Å²) >= 11 is 0. The summed E-state index contributed by atoms with van der Waals surface area (Å²) in [6.45, 7) is 0. The number of ether oxygens (including phenoxy) is 1.